The Bertz CT molecular complexity index is 647. The zero-order valence-electron chi connectivity index (χ0n) is 11.4. The van der Waals surface area contributed by atoms with Crippen molar-refractivity contribution < 1.29 is 17.9 Å². The summed E-state index contributed by atoms with van der Waals surface area (Å²) in [4.78, 5) is 0. The number of nitrogens with zero attached hydrogens (tertiary/aromatic N) is 2. The number of benzene rings is 1. The highest BCUT2D eigenvalue weighted by molar-refractivity contribution is 5.74. The van der Waals surface area contributed by atoms with E-state index in [2.05, 4.69) is 10.4 Å². The molecule has 0 fully saturated rings. The molecule has 3 rings (SSSR count). The fourth-order valence-electron chi connectivity index (χ4n) is 2.50. The van der Waals surface area contributed by atoms with Crippen LogP contribution in [0.3, 0.4) is 0 Å². The van der Waals surface area contributed by atoms with Gasteiger partial charge in [-0.05, 0) is 36.1 Å². The van der Waals surface area contributed by atoms with E-state index in [1.807, 2.05) is 6.07 Å². The lowest BCUT2D eigenvalue weighted by Crippen LogP contribution is -2.16. The maximum absolute atomic E-state index is 12.6. The zero-order valence-corrected chi connectivity index (χ0v) is 11.4. The summed E-state index contributed by atoms with van der Waals surface area (Å²) in [5.41, 5.74) is 3.06. The molecule has 0 radical (unpaired) electrons. The Morgan fingerprint density at radius 3 is 2.76 bits per heavy atom. The lowest BCUT2D eigenvalue weighted by Gasteiger charge is -2.21. The van der Waals surface area contributed by atoms with Gasteiger partial charge in [-0.15, -0.1) is 13.2 Å². The number of hydrogen-bond donors (Lipinski definition) is 1. The Morgan fingerprint density at radius 1 is 1.29 bits per heavy atom. The Kier molecular flexibility index (Phi) is 3.27. The summed E-state index contributed by atoms with van der Waals surface area (Å²) >= 11 is 0. The fourth-order valence-corrected chi connectivity index (χ4v) is 2.50. The van der Waals surface area contributed by atoms with E-state index in [0.717, 1.165) is 36.8 Å². The van der Waals surface area contributed by atoms with Crippen molar-refractivity contribution in [3.05, 3.63) is 30.1 Å². The minimum absolute atomic E-state index is 0.00646. The van der Waals surface area contributed by atoms with Crippen LogP contribution in [0.4, 0.5) is 18.9 Å². The van der Waals surface area contributed by atoms with Crippen molar-refractivity contribution in [2.24, 2.45) is 0 Å². The molecule has 0 bridgehead atoms. The molecule has 0 unspecified atom stereocenters. The minimum atomic E-state index is -4.50. The van der Waals surface area contributed by atoms with Gasteiger partial charge >= 0.3 is 6.30 Å². The molecular formula is C14H14F3N3O. The number of rotatable bonds is 2. The third-order valence-corrected chi connectivity index (χ3v) is 3.50. The van der Waals surface area contributed by atoms with Crippen molar-refractivity contribution >= 4 is 5.69 Å². The van der Waals surface area contributed by atoms with Gasteiger partial charge in [-0.25, -0.2) is 0 Å². The number of ether oxygens (including phenoxy) is 1. The summed E-state index contributed by atoms with van der Waals surface area (Å²) in [6.07, 6.45) is -0.443. The number of anilines is 1. The molecule has 1 aromatic carbocycles. The molecule has 1 aliphatic rings. The number of alkyl halides is 3. The van der Waals surface area contributed by atoms with Crippen LogP contribution in [0.5, 0.6) is 5.75 Å². The Hall–Kier alpha value is -2.18. The van der Waals surface area contributed by atoms with Crippen LogP contribution in [-0.4, -0.2) is 23.4 Å². The first-order valence-corrected chi connectivity index (χ1v) is 6.56. The third-order valence-electron chi connectivity index (χ3n) is 3.50. The van der Waals surface area contributed by atoms with Gasteiger partial charge in [0.25, 0.3) is 0 Å². The molecule has 0 atom stereocenters. The maximum atomic E-state index is 12.6. The Balaban J connectivity index is 2.04. The van der Waals surface area contributed by atoms with Crippen molar-refractivity contribution in [3.63, 3.8) is 0 Å². The summed E-state index contributed by atoms with van der Waals surface area (Å²) in [5, 5.41) is 6.63. The van der Waals surface area contributed by atoms with E-state index in [-0.39, 0.29) is 4.68 Å². The normalized spacial score (nSPS) is 14.5. The number of methoxy groups -OCH3 is 1. The average molecular weight is 297 g/mol. The summed E-state index contributed by atoms with van der Waals surface area (Å²) < 4.78 is 43.1. The largest absolute Gasteiger partial charge is 0.504 e. The molecule has 0 aliphatic carbocycles. The van der Waals surface area contributed by atoms with Crippen LogP contribution in [0.25, 0.3) is 11.1 Å². The first-order valence-electron chi connectivity index (χ1n) is 6.56. The van der Waals surface area contributed by atoms with Crippen molar-refractivity contribution in [1.82, 2.24) is 9.78 Å². The first kappa shape index (κ1) is 13.8. The van der Waals surface area contributed by atoms with Crippen LogP contribution < -0.4 is 10.1 Å². The van der Waals surface area contributed by atoms with Crippen LogP contribution in [0, 0.1) is 0 Å². The zero-order chi connectivity index (χ0) is 15.0. The van der Waals surface area contributed by atoms with E-state index in [1.54, 1.807) is 13.2 Å². The van der Waals surface area contributed by atoms with Crippen LogP contribution >= 0.6 is 0 Å². The number of hydrogen-bond acceptors (Lipinski definition) is 3. The number of nitrogens with one attached hydrogen (secondary N) is 1. The molecule has 0 saturated carbocycles. The topological polar surface area (TPSA) is 39.1 Å². The van der Waals surface area contributed by atoms with E-state index in [4.69, 9.17) is 4.74 Å². The van der Waals surface area contributed by atoms with E-state index < -0.39 is 6.30 Å². The fraction of sp³-hybridized carbons (Fsp3) is 0.357. The highest BCUT2D eigenvalue weighted by Crippen LogP contribution is 2.37. The van der Waals surface area contributed by atoms with E-state index in [1.165, 1.54) is 6.20 Å². The second kappa shape index (κ2) is 4.98. The molecule has 1 aliphatic heterocycles. The van der Waals surface area contributed by atoms with Crippen LogP contribution in [0.1, 0.15) is 12.0 Å². The third kappa shape index (κ3) is 2.55. The number of fused-ring (bicyclic) bond motifs is 1. The van der Waals surface area contributed by atoms with Crippen molar-refractivity contribution in [1.29, 1.82) is 0 Å². The maximum Gasteiger partial charge on any atom is 0.504 e. The summed E-state index contributed by atoms with van der Waals surface area (Å²) in [6.45, 7) is 0.870. The van der Waals surface area contributed by atoms with Gasteiger partial charge < -0.3 is 10.1 Å². The van der Waals surface area contributed by atoms with Crippen LogP contribution in [-0.2, 0) is 12.7 Å². The first-order chi connectivity index (χ1) is 9.99. The lowest BCUT2D eigenvalue weighted by molar-refractivity contribution is -0.212. The highest BCUT2D eigenvalue weighted by Gasteiger charge is 2.31. The predicted molar refractivity (Wildman–Crippen MR) is 72.3 cm³/mol. The second-order valence-corrected chi connectivity index (χ2v) is 4.88. The monoisotopic (exact) mass is 297 g/mol. The molecule has 4 nitrogen and oxygen atoms in total. The van der Waals surface area contributed by atoms with E-state index >= 15 is 0 Å². The molecule has 7 heteroatoms. The predicted octanol–water partition coefficient (Wildman–Crippen LogP) is 3.39. The van der Waals surface area contributed by atoms with Crippen LogP contribution in [0.2, 0.25) is 0 Å². The van der Waals surface area contributed by atoms with E-state index in [9.17, 15) is 13.2 Å². The molecule has 0 saturated heterocycles. The quantitative estimate of drug-likeness (QED) is 0.923. The van der Waals surface area contributed by atoms with Gasteiger partial charge in [0.2, 0.25) is 0 Å². The molecule has 1 aromatic heterocycles. The molecular weight excluding hydrogens is 283 g/mol. The molecule has 0 spiro atoms. The summed E-state index contributed by atoms with van der Waals surface area (Å²) in [7, 11) is 1.55. The van der Waals surface area contributed by atoms with Gasteiger partial charge in [-0.3, -0.25) is 0 Å². The number of halogens is 3. The average Bonchev–Trinajstić information content (AvgIpc) is 2.96. The molecule has 2 heterocycles. The molecule has 21 heavy (non-hydrogen) atoms. The van der Waals surface area contributed by atoms with Gasteiger partial charge in [-0.1, -0.05) is 0 Å². The molecule has 112 valence electrons. The summed E-state index contributed by atoms with van der Waals surface area (Å²) in [5.74, 6) is 0.641. The SMILES string of the molecule is COc1cc(-c2cnn(C(F)(F)F)c2)cc2c1NCCC2. The van der Waals surface area contributed by atoms with Gasteiger partial charge in [0, 0.05) is 18.3 Å². The molecule has 1 N–H and O–H groups in total. The Morgan fingerprint density at radius 2 is 2.10 bits per heavy atom. The highest BCUT2D eigenvalue weighted by atomic mass is 19.4. The molecule has 2 aromatic rings. The molecule has 0 amide bonds. The van der Waals surface area contributed by atoms with Crippen molar-refractivity contribution in [2.75, 3.05) is 19.0 Å². The Labute approximate surface area is 119 Å². The standard InChI is InChI=1S/C14H14F3N3O/c1-21-12-6-10(5-9-3-2-4-18-13(9)12)11-7-19-20(8-11)14(15,16)17/h5-8,18H,2-4H2,1H3. The van der Waals surface area contributed by atoms with Crippen molar-refractivity contribution in [3.8, 4) is 16.9 Å². The van der Waals surface area contributed by atoms with Gasteiger partial charge in [0.05, 0.1) is 19.0 Å². The second-order valence-electron chi connectivity index (χ2n) is 4.88. The van der Waals surface area contributed by atoms with Gasteiger partial charge in [0.1, 0.15) is 5.75 Å². The summed E-state index contributed by atoms with van der Waals surface area (Å²) in [6, 6.07) is 3.62. The lowest BCUT2D eigenvalue weighted by atomic mass is 9.98. The van der Waals surface area contributed by atoms with Gasteiger partial charge in [-0.2, -0.15) is 9.78 Å². The van der Waals surface area contributed by atoms with Gasteiger partial charge in [0.15, 0.2) is 0 Å². The number of aromatic nitrogens is 2. The van der Waals surface area contributed by atoms with Crippen molar-refractivity contribution in [2.45, 2.75) is 19.1 Å². The smallest absolute Gasteiger partial charge is 0.495 e. The van der Waals surface area contributed by atoms with E-state index in [0.29, 0.717) is 16.9 Å². The minimum Gasteiger partial charge on any atom is -0.495 e. The van der Waals surface area contributed by atoms with Crippen LogP contribution in [0.15, 0.2) is 24.5 Å². The number of aryl methyl sites for hydroxylation is 1.